The van der Waals surface area contributed by atoms with Gasteiger partial charge in [0.25, 0.3) is 0 Å². The molecule has 2 N–H and O–H groups in total. The Labute approximate surface area is 148 Å². The average molecular weight is 363 g/mol. The van der Waals surface area contributed by atoms with E-state index in [0.717, 1.165) is 32.4 Å². The van der Waals surface area contributed by atoms with Gasteiger partial charge in [0.1, 0.15) is 12.4 Å². The topological polar surface area (TPSA) is 59.6 Å². The first-order valence-corrected chi connectivity index (χ1v) is 8.05. The van der Waals surface area contributed by atoms with E-state index in [1.807, 2.05) is 7.05 Å². The molecule has 0 aromatic heterocycles. The summed E-state index contributed by atoms with van der Waals surface area (Å²) in [5.41, 5.74) is 0.611. The molecule has 1 amide bonds. The van der Waals surface area contributed by atoms with Gasteiger partial charge in [0, 0.05) is 18.1 Å². The Morgan fingerprint density at radius 1 is 1.48 bits per heavy atom. The number of amides is 1. The molecule has 1 fully saturated rings. The van der Waals surface area contributed by atoms with E-state index in [1.54, 1.807) is 18.2 Å². The minimum atomic E-state index is -0.0421. The molecule has 1 aliphatic rings. The predicted octanol–water partition coefficient (Wildman–Crippen LogP) is 3.26. The lowest BCUT2D eigenvalue weighted by atomic mass is 10.2. The minimum Gasteiger partial charge on any atom is -0.489 e. The highest BCUT2D eigenvalue weighted by Gasteiger charge is 2.17. The highest BCUT2D eigenvalue weighted by molar-refractivity contribution is 6.31. The quantitative estimate of drug-likeness (QED) is 0.696. The maximum Gasteiger partial charge on any atom is 0.224 e. The van der Waals surface area contributed by atoms with Crippen molar-refractivity contribution in [3.8, 4) is 5.75 Å². The molecule has 1 aliphatic heterocycles. The van der Waals surface area contributed by atoms with Crippen molar-refractivity contribution < 1.29 is 14.3 Å². The second-order valence-electron chi connectivity index (χ2n) is 5.34. The lowest BCUT2D eigenvalue weighted by molar-refractivity contribution is -0.116. The van der Waals surface area contributed by atoms with Crippen molar-refractivity contribution in [1.29, 1.82) is 0 Å². The summed E-state index contributed by atoms with van der Waals surface area (Å²) in [6.45, 7) is 2.10. The molecule has 1 aromatic rings. The number of ether oxygens (including phenoxy) is 2. The summed E-state index contributed by atoms with van der Waals surface area (Å²) in [5.74, 6) is 0.585. The monoisotopic (exact) mass is 362 g/mol. The molecule has 0 radical (unpaired) electrons. The van der Waals surface area contributed by atoms with E-state index in [4.69, 9.17) is 21.1 Å². The van der Waals surface area contributed by atoms with E-state index in [2.05, 4.69) is 10.6 Å². The zero-order valence-corrected chi connectivity index (χ0v) is 14.8. The van der Waals surface area contributed by atoms with Crippen LogP contribution in [0.4, 0.5) is 5.69 Å². The van der Waals surface area contributed by atoms with Gasteiger partial charge in [-0.05, 0) is 51.1 Å². The molecular weight excluding hydrogens is 339 g/mol. The van der Waals surface area contributed by atoms with E-state index in [-0.39, 0.29) is 24.4 Å². The third-order valence-corrected chi connectivity index (χ3v) is 3.73. The number of rotatable bonds is 8. The second kappa shape index (κ2) is 10.7. The minimum absolute atomic E-state index is 0. The van der Waals surface area contributed by atoms with E-state index < -0.39 is 0 Å². The van der Waals surface area contributed by atoms with Gasteiger partial charge >= 0.3 is 0 Å². The van der Waals surface area contributed by atoms with Gasteiger partial charge in [0.2, 0.25) is 5.91 Å². The third kappa shape index (κ3) is 6.96. The Hall–Kier alpha value is -1.01. The normalized spacial score (nSPS) is 16.7. The summed E-state index contributed by atoms with van der Waals surface area (Å²) >= 11 is 6.01. The van der Waals surface area contributed by atoms with E-state index in [9.17, 15) is 4.79 Å². The van der Waals surface area contributed by atoms with Crippen LogP contribution in [0, 0.1) is 0 Å². The summed E-state index contributed by atoms with van der Waals surface area (Å²) in [6.07, 6.45) is 3.46. The van der Waals surface area contributed by atoms with Crippen molar-refractivity contribution in [3.05, 3.63) is 23.2 Å². The maximum absolute atomic E-state index is 11.9. The fraction of sp³-hybridized carbons (Fsp3) is 0.562. The van der Waals surface area contributed by atoms with Gasteiger partial charge in [0.15, 0.2) is 0 Å². The van der Waals surface area contributed by atoms with Crippen molar-refractivity contribution in [1.82, 2.24) is 5.32 Å². The zero-order chi connectivity index (χ0) is 15.8. The summed E-state index contributed by atoms with van der Waals surface area (Å²) in [6, 6.07) is 5.24. The lowest BCUT2D eigenvalue weighted by Gasteiger charge is -2.15. The summed E-state index contributed by atoms with van der Waals surface area (Å²) < 4.78 is 11.3. The average Bonchev–Trinajstić information content (AvgIpc) is 3.00. The molecule has 23 heavy (non-hydrogen) atoms. The molecule has 5 nitrogen and oxygen atoms in total. The van der Waals surface area contributed by atoms with Crippen molar-refractivity contribution in [3.63, 3.8) is 0 Å². The Morgan fingerprint density at radius 3 is 3.00 bits per heavy atom. The van der Waals surface area contributed by atoms with Crippen LogP contribution in [0.25, 0.3) is 0 Å². The number of carbonyl (C=O) groups is 1. The van der Waals surface area contributed by atoms with Gasteiger partial charge in [-0.2, -0.15) is 0 Å². The largest absolute Gasteiger partial charge is 0.489 e. The Morgan fingerprint density at radius 2 is 2.30 bits per heavy atom. The van der Waals surface area contributed by atoms with Crippen LogP contribution in [0.15, 0.2) is 18.2 Å². The molecule has 1 unspecified atom stereocenters. The standard InChI is InChI=1S/C16H23ClN2O3.ClH/c1-18-8-2-5-16(20)19-14-10-12(17)6-7-15(14)22-11-13-4-3-9-21-13;/h6-7,10,13,18H,2-5,8-9,11H2,1H3,(H,19,20);1H. The Bertz CT molecular complexity index is 494. The highest BCUT2D eigenvalue weighted by Crippen LogP contribution is 2.29. The molecule has 0 bridgehead atoms. The molecule has 1 aromatic carbocycles. The first kappa shape index (κ1) is 20.0. The third-order valence-electron chi connectivity index (χ3n) is 3.50. The number of halogens is 2. The molecule has 1 saturated heterocycles. The second-order valence-corrected chi connectivity index (χ2v) is 5.78. The van der Waals surface area contributed by atoms with Crippen LogP contribution >= 0.6 is 24.0 Å². The molecule has 1 heterocycles. The number of carbonyl (C=O) groups excluding carboxylic acids is 1. The number of anilines is 1. The number of hydrogen-bond donors (Lipinski definition) is 2. The fourth-order valence-electron chi connectivity index (χ4n) is 2.32. The summed E-state index contributed by atoms with van der Waals surface area (Å²) in [5, 5.41) is 6.45. The highest BCUT2D eigenvalue weighted by atomic mass is 35.5. The van der Waals surface area contributed by atoms with E-state index in [0.29, 0.717) is 29.5 Å². The molecule has 1 atom stereocenters. The number of hydrogen-bond acceptors (Lipinski definition) is 4. The fourth-order valence-corrected chi connectivity index (χ4v) is 2.49. The molecule has 2 rings (SSSR count). The van der Waals surface area contributed by atoms with Crippen molar-refractivity contribution in [2.24, 2.45) is 0 Å². The number of benzene rings is 1. The van der Waals surface area contributed by atoms with Crippen molar-refractivity contribution >= 4 is 35.6 Å². The number of nitrogens with one attached hydrogen (secondary N) is 2. The summed E-state index contributed by atoms with van der Waals surface area (Å²) in [4.78, 5) is 11.9. The predicted molar refractivity (Wildman–Crippen MR) is 95.0 cm³/mol. The van der Waals surface area contributed by atoms with Crippen LogP contribution in [0.3, 0.4) is 0 Å². The van der Waals surface area contributed by atoms with E-state index in [1.165, 1.54) is 0 Å². The van der Waals surface area contributed by atoms with Gasteiger partial charge in [-0.3, -0.25) is 4.79 Å². The van der Waals surface area contributed by atoms with Crippen LogP contribution < -0.4 is 15.4 Å². The van der Waals surface area contributed by atoms with Crippen LogP contribution in [-0.2, 0) is 9.53 Å². The Balaban J connectivity index is 0.00000264. The molecule has 0 spiro atoms. The lowest BCUT2D eigenvalue weighted by Crippen LogP contribution is -2.18. The molecular formula is C16H24Cl2N2O3. The summed E-state index contributed by atoms with van der Waals surface area (Å²) in [7, 11) is 1.87. The van der Waals surface area contributed by atoms with Crippen LogP contribution in [-0.4, -0.2) is 38.8 Å². The molecule has 0 aliphatic carbocycles. The van der Waals surface area contributed by atoms with Crippen LogP contribution in [0.1, 0.15) is 25.7 Å². The van der Waals surface area contributed by atoms with E-state index >= 15 is 0 Å². The van der Waals surface area contributed by atoms with Crippen molar-refractivity contribution in [2.75, 3.05) is 32.1 Å². The van der Waals surface area contributed by atoms with Crippen molar-refractivity contribution in [2.45, 2.75) is 31.8 Å². The SMILES string of the molecule is CNCCCC(=O)Nc1cc(Cl)ccc1OCC1CCCO1.Cl. The molecule has 130 valence electrons. The van der Waals surface area contributed by atoms with Crippen LogP contribution in [0.5, 0.6) is 5.75 Å². The smallest absolute Gasteiger partial charge is 0.224 e. The van der Waals surface area contributed by atoms with Crippen LogP contribution in [0.2, 0.25) is 5.02 Å². The van der Waals surface area contributed by atoms with Gasteiger partial charge in [0.05, 0.1) is 11.8 Å². The molecule has 7 heteroatoms. The van der Waals surface area contributed by atoms with Gasteiger partial charge < -0.3 is 20.1 Å². The van der Waals surface area contributed by atoms with Gasteiger partial charge in [-0.25, -0.2) is 0 Å². The Kier molecular flexibility index (Phi) is 9.33. The zero-order valence-electron chi connectivity index (χ0n) is 13.3. The first-order valence-electron chi connectivity index (χ1n) is 7.67. The maximum atomic E-state index is 11.9. The first-order chi connectivity index (χ1) is 10.7. The molecule has 0 saturated carbocycles. The van der Waals surface area contributed by atoms with Gasteiger partial charge in [-0.1, -0.05) is 11.6 Å². The van der Waals surface area contributed by atoms with Gasteiger partial charge in [-0.15, -0.1) is 12.4 Å².